The number of aromatic nitrogens is 3. The van der Waals surface area contributed by atoms with Crippen molar-refractivity contribution in [3.8, 4) is 0 Å². The molecule has 8 heteroatoms. The number of benzene rings is 1. The minimum atomic E-state index is -0.168. The number of fused-ring (bicyclic) bond motifs is 1. The Hall–Kier alpha value is -3.42. The molecular weight excluding hydrogens is 382 g/mol. The van der Waals surface area contributed by atoms with E-state index in [1.165, 1.54) is 0 Å². The van der Waals surface area contributed by atoms with Crippen LogP contribution in [0.5, 0.6) is 0 Å². The van der Waals surface area contributed by atoms with E-state index < -0.39 is 0 Å². The van der Waals surface area contributed by atoms with Gasteiger partial charge in [0.1, 0.15) is 6.54 Å². The van der Waals surface area contributed by atoms with Gasteiger partial charge in [0.15, 0.2) is 0 Å². The monoisotopic (exact) mass is 407 g/mol. The molecule has 0 unspecified atom stereocenters. The SMILES string of the molecule is CCn1c(=O)n(CC(=O)N2CCC(C(=O)Nc3ccncc3)CC2)c2ccccc21. The predicted molar refractivity (Wildman–Crippen MR) is 114 cm³/mol. The van der Waals surface area contributed by atoms with Crippen molar-refractivity contribution >= 4 is 28.5 Å². The Bertz CT molecular complexity index is 1110. The van der Waals surface area contributed by atoms with E-state index in [0.717, 1.165) is 16.7 Å². The molecule has 0 atom stereocenters. The number of carbonyl (C=O) groups is 2. The third kappa shape index (κ3) is 3.85. The van der Waals surface area contributed by atoms with E-state index >= 15 is 0 Å². The summed E-state index contributed by atoms with van der Waals surface area (Å²) in [6, 6.07) is 11.0. The van der Waals surface area contributed by atoms with Crippen LogP contribution in [0.3, 0.4) is 0 Å². The van der Waals surface area contributed by atoms with Gasteiger partial charge in [0.25, 0.3) is 0 Å². The predicted octanol–water partition coefficient (Wildman–Crippen LogP) is 2.10. The van der Waals surface area contributed by atoms with Gasteiger partial charge < -0.3 is 10.2 Å². The fourth-order valence-electron chi connectivity index (χ4n) is 4.04. The summed E-state index contributed by atoms with van der Waals surface area (Å²) in [5, 5.41) is 2.90. The zero-order valence-corrected chi connectivity index (χ0v) is 17.0. The third-order valence-corrected chi connectivity index (χ3v) is 5.70. The lowest BCUT2D eigenvalue weighted by Crippen LogP contribution is -2.43. The van der Waals surface area contributed by atoms with Gasteiger partial charge in [-0.25, -0.2) is 4.79 Å². The molecule has 0 bridgehead atoms. The molecule has 0 aliphatic carbocycles. The summed E-state index contributed by atoms with van der Waals surface area (Å²) in [5.41, 5.74) is 2.16. The number of hydrogen-bond donors (Lipinski definition) is 1. The number of hydrogen-bond acceptors (Lipinski definition) is 4. The van der Waals surface area contributed by atoms with E-state index in [4.69, 9.17) is 0 Å². The van der Waals surface area contributed by atoms with Gasteiger partial charge in [0.05, 0.1) is 11.0 Å². The highest BCUT2D eigenvalue weighted by molar-refractivity contribution is 5.92. The number of amides is 2. The maximum absolute atomic E-state index is 12.9. The minimum Gasteiger partial charge on any atom is -0.341 e. The molecular formula is C22H25N5O3. The second-order valence-electron chi connectivity index (χ2n) is 7.48. The van der Waals surface area contributed by atoms with Gasteiger partial charge >= 0.3 is 5.69 Å². The summed E-state index contributed by atoms with van der Waals surface area (Å²) in [4.78, 5) is 43.8. The molecule has 1 aliphatic rings. The normalized spacial score (nSPS) is 14.8. The molecule has 1 aliphatic heterocycles. The average Bonchev–Trinajstić information content (AvgIpc) is 3.05. The number of nitrogens with one attached hydrogen (secondary N) is 1. The molecule has 0 radical (unpaired) electrons. The zero-order valence-electron chi connectivity index (χ0n) is 17.0. The third-order valence-electron chi connectivity index (χ3n) is 5.70. The summed E-state index contributed by atoms with van der Waals surface area (Å²) < 4.78 is 3.22. The fourth-order valence-corrected chi connectivity index (χ4v) is 4.04. The van der Waals surface area contributed by atoms with Gasteiger partial charge in [-0.2, -0.15) is 0 Å². The highest BCUT2D eigenvalue weighted by Gasteiger charge is 2.28. The molecule has 3 heterocycles. The van der Waals surface area contributed by atoms with E-state index in [9.17, 15) is 14.4 Å². The molecule has 1 saturated heterocycles. The van der Waals surface area contributed by atoms with Crippen molar-refractivity contribution in [2.75, 3.05) is 18.4 Å². The zero-order chi connectivity index (χ0) is 21.1. The van der Waals surface area contributed by atoms with Gasteiger partial charge in [-0.15, -0.1) is 0 Å². The molecule has 30 heavy (non-hydrogen) atoms. The van der Waals surface area contributed by atoms with E-state index in [-0.39, 0.29) is 30.0 Å². The summed E-state index contributed by atoms with van der Waals surface area (Å²) in [7, 11) is 0. The number of anilines is 1. The number of likely N-dealkylation sites (tertiary alicyclic amines) is 1. The van der Waals surface area contributed by atoms with E-state index in [0.29, 0.717) is 32.5 Å². The highest BCUT2D eigenvalue weighted by Crippen LogP contribution is 2.20. The van der Waals surface area contributed by atoms with Crippen molar-refractivity contribution in [1.82, 2.24) is 19.0 Å². The second-order valence-corrected chi connectivity index (χ2v) is 7.48. The molecule has 3 aromatic rings. The topological polar surface area (TPSA) is 89.2 Å². The first-order chi connectivity index (χ1) is 14.6. The number of rotatable bonds is 5. The molecule has 4 rings (SSSR count). The van der Waals surface area contributed by atoms with Crippen LogP contribution in [0.1, 0.15) is 19.8 Å². The Balaban J connectivity index is 1.40. The summed E-state index contributed by atoms with van der Waals surface area (Å²) in [6.07, 6.45) is 4.48. The lowest BCUT2D eigenvalue weighted by molar-refractivity contribution is -0.135. The lowest BCUT2D eigenvalue weighted by atomic mass is 9.95. The molecule has 156 valence electrons. The van der Waals surface area contributed by atoms with Crippen molar-refractivity contribution in [2.45, 2.75) is 32.9 Å². The van der Waals surface area contributed by atoms with Crippen LogP contribution in [0.2, 0.25) is 0 Å². The van der Waals surface area contributed by atoms with Crippen molar-refractivity contribution in [1.29, 1.82) is 0 Å². The molecule has 8 nitrogen and oxygen atoms in total. The first-order valence-electron chi connectivity index (χ1n) is 10.2. The van der Waals surface area contributed by atoms with Crippen LogP contribution < -0.4 is 11.0 Å². The number of piperidine rings is 1. The van der Waals surface area contributed by atoms with Crippen molar-refractivity contribution in [3.05, 3.63) is 59.3 Å². The Morgan fingerprint density at radius 3 is 2.30 bits per heavy atom. The molecule has 0 spiro atoms. The maximum Gasteiger partial charge on any atom is 0.329 e. The van der Waals surface area contributed by atoms with Crippen LogP contribution in [0.4, 0.5) is 5.69 Å². The van der Waals surface area contributed by atoms with Crippen LogP contribution in [-0.2, 0) is 22.7 Å². The maximum atomic E-state index is 12.9. The highest BCUT2D eigenvalue weighted by atomic mass is 16.2. The molecule has 2 amide bonds. The van der Waals surface area contributed by atoms with Crippen molar-refractivity contribution < 1.29 is 9.59 Å². The van der Waals surface area contributed by atoms with Crippen molar-refractivity contribution in [2.24, 2.45) is 5.92 Å². The standard InChI is InChI=1S/C22H25N5O3/c1-2-26-18-5-3-4-6-19(18)27(22(26)30)15-20(28)25-13-9-16(10-14-25)21(29)24-17-7-11-23-12-8-17/h3-8,11-12,16H,2,9-10,13-15H2,1H3,(H,23,24,29). The van der Waals surface area contributed by atoms with Gasteiger partial charge in [-0.05, 0) is 44.0 Å². The van der Waals surface area contributed by atoms with Crippen LogP contribution in [0.25, 0.3) is 11.0 Å². The van der Waals surface area contributed by atoms with E-state index in [2.05, 4.69) is 10.3 Å². The van der Waals surface area contributed by atoms with E-state index in [1.54, 1.807) is 38.6 Å². The second kappa shape index (κ2) is 8.52. The quantitative estimate of drug-likeness (QED) is 0.701. The van der Waals surface area contributed by atoms with Gasteiger partial charge in [0.2, 0.25) is 11.8 Å². The van der Waals surface area contributed by atoms with Crippen LogP contribution in [0, 0.1) is 5.92 Å². The Kier molecular flexibility index (Phi) is 5.65. The molecule has 0 saturated carbocycles. The first-order valence-corrected chi connectivity index (χ1v) is 10.2. The number of pyridine rings is 1. The van der Waals surface area contributed by atoms with Gasteiger partial charge in [-0.1, -0.05) is 12.1 Å². The van der Waals surface area contributed by atoms with Crippen molar-refractivity contribution in [3.63, 3.8) is 0 Å². The largest absolute Gasteiger partial charge is 0.341 e. The van der Waals surface area contributed by atoms with Gasteiger partial charge in [0, 0.05) is 43.6 Å². The lowest BCUT2D eigenvalue weighted by Gasteiger charge is -2.31. The summed E-state index contributed by atoms with van der Waals surface area (Å²) in [6.45, 7) is 3.50. The fraction of sp³-hybridized carbons (Fsp3) is 0.364. The number of aryl methyl sites for hydroxylation is 1. The smallest absolute Gasteiger partial charge is 0.329 e. The number of carbonyl (C=O) groups excluding carboxylic acids is 2. The van der Waals surface area contributed by atoms with Gasteiger partial charge in [-0.3, -0.25) is 23.7 Å². The van der Waals surface area contributed by atoms with Crippen LogP contribution in [-0.4, -0.2) is 43.9 Å². The number of imidazole rings is 1. The molecule has 1 N–H and O–H groups in total. The average molecular weight is 407 g/mol. The summed E-state index contributed by atoms with van der Waals surface area (Å²) in [5.74, 6) is -0.258. The Morgan fingerprint density at radius 2 is 1.67 bits per heavy atom. The Morgan fingerprint density at radius 1 is 1.03 bits per heavy atom. The first kappa shape index (κ1) is 19.9. The molecule has 1 aromatic carbocycles. The molecule has 2 aromatic heterocycles. The molecule has 1 fully saturated rings. The Labute approximate surface area is 174 Å². The van der Waals surface area contributed by atoms with Crippen LogP contribution in [0.15, 0.2) is 53.6 Å². The van der Waals surface area contributed by atoms with Crippen LogP contribution >= 0.6 is 0 Å². The van der Waals surface area contributed by atoms with E-state index in [1.807, 2.05) is 31.2 Å². The number of nitrogens with zero attached hydrogens (tertiary/aromatic N) is 4. The number of para-hydroxylation sites is 2. The summed E-state index contributed by atoms with van der Waals surface area (Å²) >= 11 is 0. The minimum absolute atomic E-state index is 0.0141.